The average molecular weight is 351 g/mol. The number of rotatable bonds is 6. The lowest BCUT2D eigenvalue weighted by Gasteiger charge is -2.24. The summed E-state index contributed by atoms with van der Waals surface area (Å²) < 4.78 is 2.08. The molecule has 2 aromatic heterocycles. The van der Waals surface area contributed by atoms with Gasteiger partial charge < -0.3 is 14.5 Å². The fourth-order valence-corrected chi connectivity index (χ4v) is 4.04. The highest BCUT2D eigenvalue weighted by Gasteiger charge is 2.29. The number of H-pyrrole nitrogens is 1. The SMILES string of the molecule is CCn1cnnc1CCC1CCCN1C(=O)Cc1c[nH]c2ccccc12. The first kappa shape index (κ1) is 16.8. The highest BCUT2D eigenvalue weighted by atomic mass is 16.2. The Morgan fingerprint density at radius 1 is 1.35 bits per heavy atom. The Morgan fingerprint density at radius 2 is 2.23 bits per heavy atom. The molecule has 1 N–H and O–H groups in total. The van der Waals surface area contributed by atoms with E-state index < -0.39 is 0 Å². The first-order valence-electron chi connectivity index (χ1n) is 9.47. The zero-order valence-corrected chi connectivity index (χ0v) is 15.2. The van der Waals surface area contributed by atoms with Crippen LogP contribution < -0.4 is 0 Å². The van der Waals surface area contributed by atoms with Gasteiger partial charge in [0.25, 0.3) is 0 Å². The molecule has 6 nitrogen and oxygen atoms in total. The summed E-state index contributed by atoms with van der Waals surface area (Å²) in [6.07, 6.45) is 8.21. The quantitative estimate of drug-likeness (QED) is 0.742. The first-order chi connectivity index (χ1) is 12.8. The second kappa shape index (κ2) is 7.32. The molecular weight excluding hydrogens is 326 g/mol. The number of likely N-dealkylation sites (tertiary alicyclic amines) is 1. The van der Waals surface area contributed by atoms with Gasteiger partial charge >= 0.3 is 0 Å². The van der Waals surface area contributed by atoms with Crippen molar-refractivity contribution in [1.82, 2.24) is 24.6 Å². The zero-order chi connectivity index (χ0) is 17.9. The molecule has 0 aliphatic carbocycles. The number of hydrogen-bond donors (Lipinski definition) is 1. The molecule has 4 rings (SSSR count). The summed E-state index contributed by atoms with van der Waals surface area (Å²) in [5, 5.41) is 9.36. The summed E-state index contributed by atoms with van der Waals surface area (Å²) in [5.41, 5.74) is 2.18. The van der Waals surface area contributed by atoms with Crippen LogP contribution in [0.25, 0.3) is 10.9 Å². The van der Waals surface area contributed by atoms with Crippen molar-refractivity contribution >= 4 is 16.8 Å². The number of carbonyl (C=O) groups is 1. The maximum Gasteiger partial charge on any atom is 0.227 e. The Morgan fingerprint density at radius 3 is 3.12 bits per heavy atom. The molecule has 1 aliphatic rings. The van der Waals surface area contributed by atoms with Gasteiger partial charge in [-0.05, 0) is 37.8 Å². The lowest BCUT2D eigenvalue weighted by molar-refractivity contribution is -0.131. The molecule has 0 spiro atoms. The number of para-hydroxylation sites is 1. The number of aryl methyl sites for hydroxylation is 2. The summed E-state index contributed by atoms with van der Waals surface area (Å²) in [5.74, 6) is 1.25. The lowest BCUT2D eigenvalue weighted by atomic mass is 10.1. The van der Waals surface area contributed by atoms with Crippen LogP contribution in [0, 0.1) is 0 Å². The van der Waals surface area contributed by atoms with Gasteiger partial charge in [0, 0.05) is 42.7 Å². The van der Waals surface area contributed by atoms with Gasteiger partial charge in [0.1, 0.15) is 12.2 Å². The Bertz CT molecular complexity index is 896. The smallest absolute Gasteiger partial charge is 0.227 e. The van der Waals surface area contributed by atoms with E-state index in [9.17, 15) is 4.79 Å². The van der Waals surface area contributed by atoms with E-state index in [0.29, 0.717) is 12.5 Å². The van der Waals surface area contributed by atoms with Crippen LogP contribution in [0.1, 0.15) is 37.6 Å². The van der Waals surface area contributed by atoms with Crippen LogP contribution in [0.2, 0.25) is 0 Å². The molecule has 6 heteroatoms. The largest absolute Gasteiger partial charge is 0.361 e. The number of nitrogens with one attached hydrogen (secondary N) is 1. The fraction of sp³-hybridized carbons (Fsp3) is 0.450. The van der Waals surface area contributed by atoms with Crippen molar-refractivity contribution in [3.8, 4) is 0 Å². The lowest BCUT2D eigenvalue weighted by Crippen LogP contribution is -2.37. The summed E-state index contributed by atoms with van der Waals surface area (Å²) in [4.78, 5) is 18.3. The molecule has 26 heavy (non-hydrogen) atoms. The molecule has 3 heterocycles. The van der Waals surface area contributed by atoms with Crippen LogP contribution in [-0.4, -0.2) is 43.1 Å². The van der Waals surface area contributed by atoms with Crippen LogP contribution in [0.4, 0.5) is 0 Å². The normalized spacial score (nSPS) is 17.3. The number of nitrogens with zero attached hydrogens (tertiary/aromatic N) is 4. The molecule has 1 unspecified atom stereocenters. The Kier molecular flexibility index (Phi) is 4.73. The first-order valence-corrected chi connectivity index (χ1v) is 9.47. The molecule has 1 amide bonds. The molecule has 0 radical (unpaired) electrons. The third-order valence-electron chi connectivity index (χ3n) is 5.45. The molecule has 1 aromatic carbocycles. The summed E-state index contributed by atoms with van der Waals surface area (Å²) in [6.45, 7) is 3.85. The van der Waals surface area contributed by atoms with Crippen molar-refractivity contribution in [1.29, 1.82) is 0 Å². The topological polar surface area (TPSA) is 66.8 Å². The average Bonchev–Trinajstić information content (AvgIpc) is 3.39. The summed E-state index contributed by atoms with van der Waals surface area (Å²) in [7, 11) is 0. The van der Waals surface area contributed by atoms with Crippen LogP contribution in [0.15, 0.2) is 36.8 Å². The van der Waals surface area contributed by atoms with Crippen molar-refractivity contribution in [2.75, 3.05) is 6.54 Å². The van der Waals surface area contributed by atoms with Crippen LogP contribution in [0.5, 0.6) is 0 Å². The summed E-state index contributed by atoms with van der Waals surface area (Å²) >= 11 is 0. The maximum atomic E-state index is 12.9. The third kappa shape index (κ3) is 3.23. The van der Waals surface area contributed by atoms with Crippen molar-refractivity contribution < 1.29 is 4.79 Å². The molecule has 1 fully saturated rings. The minimum atomic E-state index is 0.231. The molecule has 1 saturated heterocycles. The van der Waals surface area contributed by atoms with Gasteiger partial charge in [0.05, 0.1) is 6.42 Å². The van der Waals surface area contributed by atoms with Crippen molar-refractivity contribution in [2.45, 2.75) is 51.6 Å². The minimum Gasteiger partial charge on any atom is -0.361 e. The van der Waals surface area contributed by atoms with Gasteiger partial charge in [0.2, 0.25) is 5.91 Å². The van der Waals surface area contributed by atoms with Crippen LogP contribution in [-0.2, 0) is 24.2 Å². The van der Waals surface area contributed by atoms with Gasteiger partial charge in [-0.25, -0.2) is 0 Å². The number of carbonyl (C=O) groups excluding carboxylic acids is 1. The van der Waals surface area contributed by atoms with Crippen LogP contribution >= 0.6 is 0 Å². The minimum absolute atomic E-state index is 0.231. The van der Waals surface area contributed by atoms with Gasteiger partial charge in [-0.2, -0.15) is 0 Å². The number of amides is 1. The molecular formula is C20H25N5O. The highest BCUT2D eigenvalue weighted by molar-refractivity contribution is 5.89. The van der Waals surface area contributed by atoms with E-state index in [0.717, 1.165) is 61.1 Å². The number of aromatic amines is 1. The number of aromatic nitrogens is 4. The van der Waals surface area contributed by atoms with Crippen LogP contribution in [0.3, 0.4) is 0 Å². The molecule has 136 valence electrons. The highest BCUT2D eigenvalue weighted by Crippen LogP contribution is 2.24. The number of fused-ring (bicyclic) bond motifs is 1. The van der Waals surface area contributed by atoms with E-state index in [2.05, 4.69) is 37.6 Å². The van der Waals surface area contributed by atoms with Crippen molar-refractivity contribution in [2.24, 2.45) is 0 Å². The predicted molar refractivity (Wildman–Crippen MR) is 101 cm³/mol. The predicted octanol–water partition coefficient (Wildman–Crippen LogP) is 2.95. The number of hydrogen-bond acceptors (Lipinski definition) is 3. The third-order valence-corrected chi connectivity index (χ3v) is 5.45. The fourth-order valence-electron chi connectivity index (χ4n) is 4.04. The Balaban J connectivity index is 1.42. The zero-order valence-electron chi connectivity index (χ0n) is 15.2. The van der Waals surface area contributed by atoms with E-state index in [1.165, 1.54) is 0 Å². The van der Waals surface area contributed by atoms with E-state index >= 15 is 0 Å². The van der Waals surface area contributed by atoms with Gasteiger partial charge in [-0.15, -0.1) is 10.2 Å². The van der Waals surface area contributed by atoms with E-state index in [-0.39, 0.29) is 5.91 Å². The molecule has 0 bridgehead atoms. The maximum absolute atomic E-state index is 12.9. The molecule has 0 saturated carbocycles. The second-order valence-electron chi connectivity index (χ2n) is 6.99. The molecule has 3 aromatic rings. The van der Waals surface area contributed by atoms with E-state index in [4.69, 9.17) is 0 Å². The van der Waals surface area contributed by atoms with Gasteiger partial charge in [0.15, 0.2) is 0 Å². The molecule has 1 aliphatic heterocycles. The van der Waals surface area contributed by atoms with Gasteiger partial charge in [-0.3, -0.25) is 4.79 Å². The summed E-state index contributed by atoms with van der Waals surface area (Å²) in [6, 6.07) is 8.47. The van der Waals surface area contributed by atoms with Crippen molar-refractivity contribution in [3.63, 3.8) is 0 Å². The standard InChI is InChI=1S/C20H25N5O/c1-2-24-14-22-23-19(24)10-9-16-6-5-11-25(16)20(26)12-15-13-21-18-8-4-3-7-17(15)18/h3-4,7-8,13-14,16,21H,2,5-6,9-12H2,1H3. The van der Waals surface area contributed by atoms with E-state index in [1.54, 1.807) is 6.33 Å². The van der Waals surface area contributed by atoms with Crippen molar-refractivity contribution in [3.05, 3.63) is 48.2 Å². The molecule has 1 atom stereocenters. The second-order valence-corrected chi connectivity index (χ2v) is 6.99. The monoisotopic (exact) mass is 351 g/mol. The Labute approximate surface area is 153 Å². The van der Waals surface area contributed by atoms with E-state index in [1.807, 2.05) is 24.4 Å². The van der Waals surface area contributed by atoms with Gasteiger partial charge in [-0.1, -0.05) is 18.2 Å². The Hall–Kier alpha value is -2.63. The number of benzene rings is 1.